The molecule has 0 aliphatic rings. The van der Waals surface area contributed by atoms with E-state index in [0.717, 1.165) is 0 Å². The molecular formula is C9H15N3O. The van der Waals surface area contributed by atoms with Gasteiger partial charge < -0.3 is 5.32 Å². The number of nitrogens with zero attached hydrogens (tertiary/aromatic N) is 2. The Kier molecular flexibility index (Phi) is 2.40. The number of nitrogens with one attached hydrogen (secondary N) is 1. The highest BCUT2D eigenvalue weighted by Crippen LogP contribution is 2.10. The maximum absolute atomic E-state index is 11.5. The van der Waals surface area contributed by atoms with Crippen molar-refractivity contribution in [2.75, 3.05) is 12.4 Å². The number of anilines is 1. The Bertz CT molecular complexity index is 349. The van der Waals surface area contributed by atoms with Gasteiger partial charge in [0.05, 0.1) is 0 Å². The van der Waals surface area contributed by atoms with Crippen LogP contribution >= 0.6 is 0 Å². The van der Waals surface area contributed by atoms with Crippen LogP contribution in [0.25, 0.3) is 0 Å². The van der Waals surface area contributed by atoms with Gasteiger partial charge in [-0.1, -0.05) is 0 Å². The molecule has 0 aliphatic heterocycles. The first-order chi connectivity index (χ1) is 5.95. The molecule has 0 bridgehead atoms. The van der Waals surface area contributed by atoms with Gasteiger partial charge in [0.2, 0.25) is 0 Å². The smallest absolute Gasteiger partial charge is 0.349 e. The fraction of sp³-hybridized carbons (Fsp3) is 0.556. The van der Waals surface area contributed by atoms with E-state index in [1.165, 1.54) is 0 Å². The summed E-state index contributed by atoms with van der Waals surface area (Å²) in [5, 5.41) is 2.82. The van der Waals surface area contributed by atoms with Crippen molar-refractivity contribution in [1.82, 2.24) is 9.55 Å². The second-order valence-corrected chi connectivity index (χ2v) is 3.89. The van der Waals surface area contributed by atoms with Gasteiger partial charge in [-0.25, -0.2) is 4.79 Å². The first kappa shape index (κ1) is 9.77. The van der Waals surface area contributed by atoms with Gasteiger partial charge >= 0.3 is 5.69 Å². The first-order valence-electron chi connectivity index (χ1n) is 4.23. The van der Waals surface area contributed by atoms with E-state index in [-0.39, 0.29) is 11.2 Å². The molecular weight excluding hydrogens is 166 g/mol. The topological polar surface area (TPSA) is 46.9 Å². The average molecular weight is 181 g/mol. The molecule has 4 heteroatoms. The van der Waals surface area contributed by atoms with Gasteiger partial charge in [0.25, 0.3) is 0 Å². The van der Waals surface area contributed by atoms with Gasteiger partial charge in [-0.05, 0) is 26.8 Å². The second kappa shape index (κ2) is 3.20. The maximum atomic E-state index is 11.5. The van der Waals surface area contributed by atoms with Gasteiger partial charge in [-0.15, -0.1) is 0 Å². The van der Waals surface area contributed by atoms with Crippen molar-refractivity contribution in [1.29, 1.82) is 0 Å². The van der Waals surface area contributed by atoms with E-state index in [1.807, 2.05) is 20.8 Å². The summed E-state index contributed by atoms with van der Waals surface area (Å²) in [6.45, 7) is 5.90. The molecule has 1 aromatic heterocycles. The van der Waals surface area contributed by atoms with Crippen LogP contribution in [-0.4, -0.2) is 16.6 Å². The molecule has 0 fully saturated rings. The lowest BCUT2D eigenvalue weighted by atomic mass is 10.1. The molecule has 0 amide bonds. The van der Waals surface area contributed by atoms with Crippen LogP contribution in [0.2, 0.25) is 0 Å². The molecule has 4 nitrogen and oxygen atoms in total. The summed E-state index contributed by atoms with van der Waals surface area (Å²) in [5.74, 6) is 0.602. The lowest BCUT2D eigenvalue weighted by Gasteiger charge is -2.21. The van der Waals surface area contributed by atoms with Crippen LogP contribution in [0.5, 0.6) is 0 Å². The van der Waals surface area contributed by atoms with Crippen molar-refractivity contribution >= 4 is 5.82 Å². The van der Waals surface area contributed by atoms with Gasteiger partial charge in [0.1, 0.15) is 5.82 Å². The highest BCUT2D eigenvalue weighted by Gasteiger charge is 2.14. The zero-order chi connectivity index (χ0) is 10.1. The minimum Gasteiger partial charge on any atom is -0.373 e. The van der Waals surface area contributed by atoms with Crippen LogP contribution in [0, 0.1) is 0 Å². The summed E-state index contributed by atoms with van der Waals surface area (Å²) in [4.78, 5) is 15.3. The third-order valence-electron chi connectivity index (χ3n) is 1.78. The lowest BCUT2D eigenvalue weighted by molar-refractivity contribution is 0.378. The van der Waals surface area contributed by atoms with Gasteiger partial charge in [0, 0.05) is 18.8 Å². The summed E-state index contributed by atoms with van der Waals surface area (Å²) >= 11 is 0. The molecule has 0 aliphatic carbocycles. The van der Waals surface area contributed by atoms with Crippen LogP contribution in [0.15, 0.2) is 17.1 Å². The number of hydrogen-bond donors (Lipinski definition) is 1. The monoisotopic (exact) mass is 181 g/mol. The Balaban J connectivity index is 3.21. The molecule has 0 saturated carbocycles. The fourth-order valence-electron chi connectivity index (χ4n) is 1.05. The molecule has 72 valence electrons. The predicted octanol–water partition coefficient (Wildman–Crippen LogP) is 1.04. The first-order valence-corrected chi connectivity index (χ1v) is 4.23. The van der Waals surface area contributed by atoms with Crippen molar-refractivity contribution in [2.45, 2.75) is 26.3 Å². The second-order valence-electron chi connectivity index (χ2n) is 3.89. The molecule has 1 aromatic rings. The van der Waals surface area contributed by atoms with E-state index in [2.05, 4.69) is 10.3 Å². The van der Waals surface area contributed by atoms with E-state index in [0.29, 0.717) is 5.82 Å². The van der Waals surface area contributed by atoms with Crippen molar-refractivity contribution in [3.63, 3.8) is 0 Å². The molecule has 0 aromatic carbocycles. The molecule has 0 spiro atoms. The highest BCUT2D eigenvalue weighted by atomic mass is 16.1. The Hall–Kier alpha value is -1.32. The minimum absolute atomic E-state index is 0.212. The molecule has 1 N–H and O–H groups in total. The molecule has 1 rings (SSSR count). The van der Waals surface area contributed by atoms with E-state index in [4.69, 9.17) is 0 Å². The number of hydrogen-bond acceptors (Lipinski definition) is 3. The van der Waals surface area contributed by atoms with Crippen LogP contribution in [0.3, 0.4) is 0 Å². The number of aromatic nitrogens is 2. The minimum atomic E-state index is -0.223. The van der Waals surface area contributed by atoms with Gasteiger partial charge in [-0.3, -0.25) is 4.57 Å². The van der Waals surface area contributed by atoms with Crippen LogP contribution < -0.4 is 11.0 Å². The largest absolute Gasteiger partial charge is 0.373 e. The van der Waals surface area contributed by atoms with Crippen LogP contribution in [0.4, 0.5) is 5.82 Å². The molecule has 0 atom stereocenters. The number of rotatable bonds is 1. The Labute approximate surface area is 77.6 Å². The van der Waals surface area contributed by atoms with E-state index < -0.39 is 0 Å². The molecule has 13 heavy (non-hydrogen) atoms. The summed E-state index contributed by atoms with van der Waals surface area (Å²) in [7, 11) is 1.74. The van der Waals surface area contributed by atoms with Crippen LogP contribution in [-0.2, 0) is 5.54 Å². The summed E-state index contributed by atoms with van der Waals surface area (Å²) in [6.07, 6.45) is 1.75. The predicted molar refractivity (Wildman–Crippen MR) is 53.0 cm³/mol. The van der Waals surface area contributed by atoms with Crippen molar-refractivity contribution in [2.24, 2.45) is 0 Å². The summed E-state index contributed by atoms with van der Waals surface area (Å²) < 4.78 is 1.60. The fourth-order valence-corrected chi connectivity index (χ4v) is 1.05. The van der Waals surface area contributed by atoms with Crippen molar-refractivity contribution < 1.29 is 0 Å². The van der Waals surface area contributed by atoms with Gasteiger partial charge in [-0.2, -0.15) is 4.98 Å². The quantitative estimate of drug-likeness (QED) is 0.704. The van der Waals surface area contributed by atoms with Crippen LogP contribution in [0.1, 0.15) is 20.8 Å². The Morgan fingerprint density at radius 1 is 1.46 bits per heavy atom. The Morgan fingerprint density at radius 3 is 2.46 bits per heavy atom. The highest BCUT2D eigenvalue weighted by molar-refractivity contribution is 5.30. The van der Waals surface area contributed by atoms with E-state index >= 15 is 0 Å². The van der Waals surface area contributed by atoms with Crippen molar-refractivity contribution in [3.05, 3.63) is 22.7 Å². The molecule has 0 radical (unpaired) electrons. The van der Waals surface area contributed by atoms with Gasteiger partial charge in [0.15, 0.2) is 0 Å². The van der Waals surface area contributed by atoms with Crippen molar-refractivity contribution in [3.8, 4) is 0 Å². The molecule has 1 heterocycles. The third kappa shape index (κ3) is 2.08. The zero-order valence-electron chi connectivity index (χ0n) is 8.46. The maximum Gasteiger partial charge on any atom is 0.349 e. The van der Waals surface area contributed by atoms with E-state index in [1.54, 1.807) is 23.9 Å². The lowest BCUT2D eigenvalue weighted by Crippen LogP contribution is -2.34. The normalized spacial score (nSPS) is 11.4. The standard InChI is InChI=1S/C9H15N3O/c1-9(2,3)12-6-5-7(10-4)11-8(12)13/h5-6H,1-4H3,(H,10,11,13). The van der Waals surface area contributed by atoms with E-state index in [9.17, 15) is 4.79 Å². The average Bonchev–Trinajstić information content (AvgIpc) is 2.01. The SMILES string of the molecule is CNc1ccn(C(C)(C)C)c(=O)n1. The third-order valence-corrected chi connectivity index (χ3v) is 1.78. The zero-order valence-corrected chi connectivity index (χ0v) is 8.46. The summed E-state index contributed by atoms with van der Waals surface area (Å²) in [5.41, 5.74) is -0.435. The molecule has 0 unspecified atom stereocenters. The summed E-state index contributed by atoms with van der Waals surface area (Å²) in [6, 6.07) is 1.78. The molecule has 0 saturated heterocycles. The Morgan fingerprint density at radius 2 is 2.08 bits per heavy atom.